The van der Waals surface area contributed by atoms with Gasteiger partial charge in [0.05, 0.1) is 6.42 Å². The predicted molar refractivity (Wildman–Crippen MR) is 47.6 cm³/mol. The zero-order valence-electron chi connectivity index (χ0n) is 7.23. The molecule has 0 radical (unpaired) electrons. The molecule has 3 nitrogen and oxygen atoms in total. The van der Waals surface area contributed by atoms with Gasteiger partial charge in [-0.15, -0.1) is 0 Å². The molecule has 3 heteroatoms. The minimum absolute atomic E-state index is 0.0994. The highest BCUT2D eigenvalue weighted by Crippen LogP contribution is 2.38. The van der Waals surface area contributed by atoms with Crippen LogP contribution in [-0.2, 0) is 11.2 Å². The Morgan fingerprint density at radius 2 is 2.38 bits per heavy atom. The summed E-state index contributed by atoms with van der Waals surface area (Å²) in [5.41, 5.74) is 1.91. The predicted octanol–water partition coefficient (Wildman–Crippen LogP) is 1.59. The monoisotopic (exact) mass is 177 g/mol. The van der Waals surface area contributed by atoms with Crippen molar-refractivity contribution in [2.75, 3.05) is 0 Å². The average Bonchev–Trinajstić information content (AvgIpc) is 2.85. The Labute approximate surface area is 76.4 Å². The summed E-state index contributed by atoms with van der Waals surface area (Å²) in [6, 6.07) is 3.67. The van der Waals surface area contributed by atoms with E-state index in [9.17, 15) is 4.79 Å². The normalized spacial score (nSPS) is 15.7. The molecule has 1 heterocycles. The Bertz CT molecular complexity index is 331. The lowest BCUT2D eigenvalue weighted by atomic mass is 10.1. The molecule has 1 aromatic rings. The van der Waals surface area contributed by atoms with Gasteiger partial charge in [0, 0.05) is 17.8 Å². The van der Waals surface area contributed by atoms with Gasteiger partial charge in [-0.1, -0.05) is 0 Å². The highest BCUT2D eigenvalue weighted by atomic mass is 16.4. The molecule has 1 saturated carbocycles. The molecule has 0 amide bonds. The summed E-state index contributed by atoms with van der Waals surface area (Å²) in [7, 11) is 0. The van der Waals surface area contributed by atoms with Crippen molar-refractivity contribution in [2.24, 2.45) is 0 Å². The van der Waals surface area contributed by atoms with E-state index in [0.29, 0.717) is 5.92 Å². The van der Waals surface area contributed by atoms with Crippen molar-refractivity contribution in [3.05, 3.63) is 29.6 Å². The molecule has 0 bridgehead atoms. The zero-order chi connectivity index (χ0) is 9.26. The van der Waals surface area contributed by atoms with Gasteiger partial charge in [0.25, 0.3) is 0 Å². The highest BCUT2D eigenvalue weighted by Gasteiger charge is 2.24. The van der Waals surface area contributed by atoms with Crippen molar-refractivity contribution in [3.63, 3.8) is 0 Å². The topological polar surface area (TPSA) is 50.2 Å². The first-order chi connectivity index (χ1) is 6.25. The first-order valence-electron chi connectivity index (χ1n) is 4.42. The van der Waals surface area contributed by atoms with Crippen LogP contribution in [0, 0.1) is 0 Å². The first kappa shape index (κ1) is 8.23. The molecule has 0 spiro atoms. The smallest absolute Gasteiger partial charge is 0.307 e. The largest absolute Gasteiger partial charge is 0.481 e. The Hall–Kier alpha value is -1.38. The number of aliphatic carboxylic acids is 1. The number of carboxylic acid groups (broad SMARTS) is 1. The molecule has 13 heavy (non-hydrogen) atoms. The lowest BCUT2D eigenvalue weighted by Crippen LogP contribution is -2.01. The number of carboxylic acids is 1. The third-order valence-corrected chi connectivity index (χ3v) is 2.20. The van der Waals surface area contributed by atoms with Gasteiger partial charge in [-0.2, -0.15) is 0 Å². The van der Waals surface area contributed by atoms with Crippen LogP contribution in [0.1, 0.15) is 30.0 Å². The second-order valence-corrected chi connectivity index (χ2v) is 3.43. The van der Waals surface area contributed by atoms with E-state index in [-0.39, 0.29) is 6.42 Å². The molecule has 1 aliphatic carbocycles. The van der Waals surface area contributed by atoms with E-state index >= 15 is 0 Å². The number of carbonyl (C=O) groups is 1. The lowest BCUT2D eigenvalue weighted by molar-refractivity contribution is -0.136. The molecule has 68 valence electrons. The van der Waals surface area contributed by atoms with Gasteiger partial charge in [-0.05, 0) is 30.5 Å². The van der Waals surface area contributed by atoms with Crippen molar-refractivity contribution in [1.29, 1.82) is 0 Å². The van der Waals surface area contributed by atoms with Crippen LogP contribution in [-0.4, -0.2) is 16.1 Å². The minimum atomic E-state index is -0.784. The Balaban J connectivity index is 2.16. The maximum atomic E-state index is 10.4. The zero-order valence-corrected chi connectivity index (χ0v) is 7.23. The summed E-state index contributed by atoms with van der Waals surface area (Å²) in [6.07, 6.45) is 4.20. The molecule has 0 saturated heterocycles. The van der Waals surface area contributed by atoms with Crippen molar-refractivity contribution < 1.29 is 9.90 Å². The number of hydrogen-bond acceptors (Lipinski definition) is 2. The number of pyridine rings is 1. The van der Waals surface area contributed by atoms with Crippen LogP contribution in [0.4, 0.5) is 0 Å². The number of nitrogens with zero attached hydrogens (tertiary/aromatic N) is 1. The maximum absolute atomic E-state index is 10.4. The van der Waals surface area contributed by atoms with Crippen LogP contribution in [0.15, 0.2) is 18.3 Å². The van der Waals surface area contributed by atoms with Gasteiger partial charge < -0.3 is 5.11 Å². The molecule has 2 rings (SSSR count). The highest BCUT2D eigenvalue weighted by molar-refractivity contribution is 5.70. The van der Waals surface area contributed by atoms with Gasteiger partial charge in [0.15, 0.2) is 0 Å². The maximum Gasteiger partial charge on any atom is 0.307 e. The molecular formula is C10H11NO2. The fraction of sp³-hybridized carbons (Fsp3) is 0.400. The van der Waals surface area contributed by atoms with Gasteiger partial charge in [0.2, 0.25) is 0 Å². The van der Waals surface area contributed by atoms with Crippen LogP contribution >= 0.6 is 0 Å². The van der Waals surface area contributed by atoms with E-state index in [1.165, 1.54) is 12.8 Å². The van der Waals surface area contributed by atoms with E-state index in [0.717, 1.165) is 11.3 Å². The summed E-state index contributed by atoms with van der Waals surface area (Å²) in [6.45, 7) is 0. The van der Waals surface area contributed by atoms with Crippen LogP contribution in [0.2, 0.25) is 0 Å². The summed E-state index contributed by atoms with van der Waals surface area (Å²) >= 11 is 0. The number of rotatable bonds is 3. The third kappa shape index (κ3) is 2.05. The fourth-order valence-corrected chi connectivity index (χ4v) is 1.38. The SMILES string of the molecule is O=C(O)Cc1ccnc(C2CC2)c1. The molecule has 0 atom stereocenters. The molecule has 0 aromatic carbocycles. The van der Waals surface area contributed by atoms with Gasteiger partial charge >= 0.3 is 5.97 Å². The fourth-order valence-electron chi connectivity index (χ4n) is 1.38. The van der Waals surface area contributed by atoms with Crippen LogP contribution in [0.25, 0.3) is 0 Å². The Morgan fingerprint density at radius 3 is 3.00 bits per heavy atom. The standard InChI is InChI=1S/C10H11NO2/c12-10(13)6-7-3-4-11-9(5-7)8-1-2-8/h3-5,8H,1-2,6H2,(H,12,13). The lowest BCUT2D eigenvalue weighted by Gasteiger charge is -1.99. The second-order valence-electron chi connectivity index (χ2n) is 3.43. The first-order valence-corrected chi connectivity index (χ1v) is 4.42. The summed E-state index contributed by atoms with van der Waals surface area (Å²) in [5.74, 6) is -0.193. The number of aromatic nitrogens is 1. The Morgan fingerprint density at radius 1 is 1.62 bits per heavy atom. The summed E-state index contributed by atoms with van der Waals surface area (Å²) < 4.78 is 0. The van der Waals surface area contributed by atoms with E-state index in [2.05, 4.69) is 4.98 Å². The van der Waals surface area contributed by atoms with E-state index in [1.807, 2.05) is 6.07 Å². The van der Waals surface area contributed by atoms with Gasteiger partial charge in [0.1, 0.15) is 0 Å². The van der Waals surface area contributed by atoms with Gasteiger partial charge in [-0.25, -0.2) is 0 Å². The average molecular weight is 177 g/mol. The Kier molecular flexibility index (Phi) is 2.00. The third-order valence-electron chi connectivity index (χ3n) is 2.20. The molecule has 1 aromatic heterocycles. The van der Waals surface area contributed by atoms with Crippen molar-refractivity contribution in [3.8, 4) is 0 Å². The van der Waals surface area contributed by atoms with Crippen LogP contribution < -0.4 is 0 Å². The van der Waals surface area contributed by atoms with Gasteiger partial charge in [-0.3, -0.25) is 9.78 Å². The van der Waals surface area contributed by atoms with Crippen molar-refractivity contribution in [1.82, 2.24) is 4.98 Å². The number of hydrogen-bond donors (Lipinski definition) is 1. The van der Waals surface area contributed by atoms with E-state index < -0.39 is 5.97 Å². The quantitative estimate of drug-likeness (QED) is 0.762. The second kappa shape index (κ2) is 3.17. The summed E-state index contributed by atoms with van der Waals surface area (Å²) in [4.78, 5) is 14.7. The molecule has 0 aliphatic heterocycles. The molecule has 1 N–H and O–H groups in total. The molecule has 0 unspecified atom stereocenters. The van der Waals surface area contributed by atoms with Crippen molar-refractivity contribution >= 4 is 5.97 Å². The van der Waals surface area contributed by atoms with E-state index in [1.54, 1.807) is 12.3 Å². The van der Waals surface area contributed by atoms with E-state index in [4.69, 9.17) is 5.11 Å². The molecular weight excluding hydrogens is 166 g/mol. The molecule has 1 aliphatic rings. The van der Waals surface area contributed by atoms with Crippen LogP contribution in [0.5, 0.6) is 0 Å². The molecule has 1 fully saturated rings. The van der Waals surface area contributed by atoms with Crippen molar-refractivity contribution in [2.45, 2.75) is 25.2 Å². The van der Waals surface area contributed by atoms with Crippen LogP contribution in [0.3, 0.4) is 0 Å². The minimum Gasteiger partial charge on any atom is -0.481 e. The summed E-state index contributed by atoms with van der Waals surface area (Å²) in [5, 5.41) is 8.59.